The van der Waals surface area contributed by atoms with Gasteiger partial charge in [0.25, 0.3) is 0 Å². The van der Waals surface area contributed by atoms with Crippen LogP contribution in [0.1, 0.15) is 44.8 Å². The number of aryl methyl sites for hydroxylation is 2. The van der Waals surface area contributed by atoms with E-state index in [9.17, 15) is 4.79 Å². The van der Waals surface area contributed by atoms with E-state index in [-0.39, 0.29) is 24.0 Å². The van der Waals surface area contributed by atoms with Crippen LogP contribution in [0.4, 0.5) is 0 Å². The monoisotopic (exact) mass is 336 g/mol. The number of hydrogen-bond acceptors (Lipinski definition) is 5. The lowest BCUT2D eigenvalue weighted by molar-refractivity contribution is -0.139. The van der Waals surface area contributed by atoms with Crippen LogP contribution in [-0.4, -0.2) is 52.1 Å². The zero-order valence-corrected chi connectivity index (χ0v) is 14.8. The molecule has 1 aromatic heterocycles. The molecular weight excluding hydrogens is 308 g/mol. The van der Waals surface area contributed by atoms with Gasteiger partial charge in [0.2, 0.25) is 5.91 Å². The summed E-state index contributed by atoms with van der Waals surface area (Å²) in [6.07, 6.45) is 3.53. The maximum Gasteiger partial charge on any atom is 0.249 e. The zero-order chi connectivity index (χ0) is 17.1. The Balaban J connectivity index is 1.54. The molecule has 0 aromatic carbocycles. The fraction of sp³-hybridized carbons (Fsp3) is 0.824. The molecule has 1 aromatic rings. The van der Waals surface area contributed by atoms with Crippen LogP contribution in [-0.2, 0) is 27.2 Å². The fourth-order valence-electron chi connectivity index (χ4n) is 3.42. The second kappa shape index (κ2) is 7.61. The van der Waals surface area contributed by atoms with Crippen molar-refractivity contribution in [1.82, 2.24) is 20.1 Å². The van der Waals surface area contributed by atoms with Gasteiger partial charge in [-0.2, -0.15) is 0 Å². The van der Waals surface area contributed by atoms with Crippen LogP contribution in [0, 0.1) is 12.8 Å². The van der Waals surface area contributed by atoms with Gasteiger partial charge in [-0.25, -0.2) is 0 Å². The number of hydrogen-bond donors (Lipinski definition) is 1. The lowest BCUT2D eigenvalue weighted by atomic mass is 10.0. The van der Waals surface area contributed by atoms with Crippen molar-refractivity contribution in [2.45, 2.75) is 71.2 Å². The predicted molar refractivity (Wildman–Crippen MR) is 88.6 cm³/mol. The topological polar surface area (TPSA) is 78.3 Å². The van der Waals surface area contributed by atoms with Gasteiger partial charge < -0.3 is 19.4 Å². The summed E-state index contributed by atoms with van der Waals surface area (Å²) in [5.41, 5.74) is 0. The molecule has 0 bridgehead atoms. The molecule has 3 atom stereocenters. The van der Waals surface area contributed by atoms with Crippen molar-refractivity contribution in [3.8, 4) is 0 Å². The smallest absolute Gasteiger partial charge is 0.249 e. The van der Waals surface area contributed by atoms with Crippen molar-refractivity contribution in [2.75, 3.05) is 13.2 Å². The summed E-state index contributed by atoms with van der Waals surface area (Å²) in [7, 11) is 0. The van der Waals surface area contributed by atoms with E-state index in [1.165, 1.54) is 0 Å². The second-order valence-electron chi connectivity index (χ2n) is 7.15. The van der Waals surface area contributed by atoms with E-state index >= 15 is 0 Å². The molecule has 1 amide bonds. The molecule has 7 heteroatoms. The van der Waals surface area contributed by atoms with E-state index < -0.39 is 6.10 Å². The number of aromatic nitrogens is 3. The summed E-state index contributed by atoms with van der Waals surface area (Å²) in [4.78, 5) is 12.7. The van der Waals surface area contributed by atoms with Crippen LogP contribution in [0.25, 0.3) is 0 Å². The van der Waals surface area contributed by atoms with Gasteiger partial charge in [-0.15, -0.1) is 10.2 Å². The Kier molecular flexibility index (Phi) is 5.50. The van der Waals surface area contributed by atoms with Crippen molar-refractivity contribution < 1.29 is 14.3 Å². The molecule has 0 aliphatic carbocycles. The van der Waals surface area contributed by atoms with Crippen molar-refractivity contribution >= 4 is 5.91 Å². The van der Waals surface area contributed by atoms with Crippen LogP contribution in [0.2, 0.25) is 0 Å². The molecule has 2 aliphatic heterocycles. The number of nitrogens with zero attached hydrogens (tertiary/aromatic N) is 3. The number of ether oxygens (including phenoxy) is 2. The van der Waals surface area contributed by atoms with Crippen LogP contribution >= 0.6 is 0 Å². The van der Waals surface area contributed by atoms with E-state index in [0.717, 1.165) is 50.5 Å². The molecule has 1 N–H and O–H groups in total. The molecule has 7 nitrogen and oxygen atoms in total. The molecule has 1 fully saturated rings. The summed E-state index contributed by atoms with van der Waals surface area (Å²) in [5.74, 6) is 2.01. The Morgan fingerprint density at radius 3 is 2.96 bits per heavy atom. The average Bonchev–Trinajstić information content (AvgIpc) is 3.18. The van der Waals surface area contributed by atoms with Crippen LogP contribution < -0.4 is 5.32 Å². The Morgan fingerprint density at radius 2 is 2.25 bits per heavy atom. The zero-order valence-electron chi connectivity index (χ0n) is 14.8. The van der Waals surface area contributed by atoms with Crippen molar-refractivity contribution in [3.05, 3.63) is 11.6 Å². The van der Waals surface area contributed by atoms with Gasteiger partial charge in [0.1, 0.15) is 17.8 Å². The van der Waals surface area contributed by atoms with Crippen molar-refractivity contribution in [1.29, 1.82) is 0 Å². The highest BCUT2D eigenvalue weighted by molar-refractivity contribution is 5.81. The van der Waals surface area contributed by atoms with Gasteiger partial charge in [0.05, 0.1) is 12.7 Å². The van der Waals surface area contributed by atoms with E-state index in [4.69, 9.17) is 9.47 Å². The molecule has 134 valence electrons. The molecule has 0 radical (unpaired) electrons. The number of carbonyl (C=O) groups is 1. The third-order valence-corrected chi connectivity index (χ3v) is 4.83. The van der Waals surface area contributed by atoms with E-state index in [1.54, 1.807) is 0 Å². The molecule has 24 heavy (non-hydrogen) atoms. The molecular formula is C17H28N4O3. The maximum absolute atomic E-state index is 12.7. The quantitative estimate of drug-likeness (QED) is 0.845. The first-order chi connectivity index (χ1) is 11.5. The minimum atomic E-state index is -0.433. The molecule has 3 unspecified atom stereocenters. The standard InChI is InChI=1S/C17H28N4O3/c1-11(2)16(24-10-14-5-4-8-23-14)17(22)18-13-6-7-15-20-19-12(3)21(15)9-13/h11,13-14,16H,4-10H2,1-3H3,(H,18,22). The summed E-state index contributed by atoms with van der Waals surface area (Å²) < 4.78 is 13.6. The lowest BCUT2D eigenvalue weighted by Gasteiger charge is -2.28. The molecule has 3 heterocycles. The molecule has 0 spiro atoms. The normalized spacial score (nSPS) is 24.8. The second-order valence-corrected chi connectivity index (χ2v) is 7.15. The Hall–Kier alpha value is -1.47. The maximum atomic E-state index is 12.7. The van der Waals surface area contributed by atoms with Gasteiger partial charge >= 0.3 is 0 Å². The van der Waals surface area contributed by atoms with E-state index in [0.29, 0.717) is 6.61 Å². The SMILES string of the molecule is Cc1nnc2n1CC(NC(=O)C(OCC1CCCO1)C(C)C)CC2. The highest BCUT2D eigenvalue weighted by Crippen LogP contribution is 2.17. The number of carbonyl (C=O) groups excluding carboxylic acids is 1. The highest BCUT2D eigenvalue weighted by atomic mass is 16.5. The average molecular weight is 336 g/mol. The van der Waals surface area contributed by atoms with Gasteiger partial charge in [0, 0.05) is 25.6 Å². The van der Waals surface area contributed by atoms with Crippen LogP contribution in [0.15, 0.2) is 0 Å². The van der Waals surface area contributed by atoms with Gasteiger partial charge in [-0.3, -0.25) is 4.79 Å². The van der Waals surface area contributed by atoms with E-state index in [2.05, 4.69) is 20.1 Å². The summed E-state index contributed by atoms with van der Waals surface area (Å²) in [6.45, 7) is 8.01. The predicted octanol–water partition coefficient (Wildman–Crippen LogP) is 1.24. The first kappa shape index (κ1) is 17.4. The number of rotatable bonds is 6. The minimum Gasteiger partial charge on any atom is -0.376 e. The number of nitrogens with one attached hydrogen (secondary N) is 1. The Labute approximate surface area is 143 Å². The van der Waals surface area contributed by atoms with Crippen LogP contribution in [0.3, 0.4) is 0 Å². The minimum absolute atomic E-state index is 0.0258. The van der Waals surface area contributed by atoms with Gasteiger partial charge in [-0.05, 0) is 32.1 Å². The highest BCUT2D eigenvalue weighted by Gasteiger charge is 2.29. The Morgan fingerprint density at radius 1 is 1.42 bits per heavy atom. The molecule has 1 saturated heterocycles. The first-order valence-corrected chi connectivity index (χ1v) is 8.97. The van der Waals surface area contributed by atoms with Crippen molar-refractivity contribution in [3.63, 3.8) is 0 Å². The van der Waals surface area contributed by atoms with Gasteiger partial charge in [0.15, 0.2) is 0 Å². The summed E-state index contributed by atoms with van der Waals surface area (Å²) in [6, 6.07) is 0.104. The van der Waals surface area contributed by atoms with E-state index in [1.807, 2.05) is 20.8 Å². The third-order valence-electron chi connectivity index (χ3n) is 4.83. The molecule has 3 rings (SSSR count). The fourth-order valence-corrected chi connectivity index (χ4v) is 3.42. The lowest BCUT2D eigenvalue weighted by Crippen LogP contribution is -2.48. The van der Waals surface area contributed by atoms with Crippen molar-refractivity contribution in [2.24, 2.45) is 5.92 Å². The summed E-state index contributed by atoms with van der Waals surface area (Å²) in [5, 5.41) is 11.4. The number of fused-ring (bicyclic) bond motifs is 1. The number of amides is 1. The van der Waals surface area contributed by atoms with Crippen LogP contribution in [0.5, 0.6) is 0 Å². The largest absolute Gasteiger partial charge is 0.376 e. The Bertz CT molecular complexity index is 566. The van der Waals surface area contributed by atoms with Gasteiger partial charge in [-0.1, -0.05) is 13.8 Å². The first-order valence-electron chi connectivity index (χ1n) is 8.97. The summed E-state index contributed by atoms with van der Waals surface area (Å²) >= 11 is 0. The third kappa shape index (κ3) is 3.95. The molecule has 0 saturated carbocycles. The molecule has 2 aliphatic rings.